The van der Waals surface area contributed by atoms with Crippen LogP contribution < -0.4 is 5.32 Å². The molecule has 0 saturated carbocycles. The summed E-state index contributed by atoms with van der Waals surface area (Å²) in [5.41, 5.74) is 3.66. The molecule has 1 N–H and O–H groups in total. The standard InChI is InChI=1S/C17H24ClN3/c1-4-19-12-15(14-7-6-8-16(18)10-14)11-17-9-13(3)20-21(17)5-2/h6-10,15,19H,4-5,11-12H2,1-3H3. The summed E-state index contributed by atoms with van der Waals surface area (Å²) >= 11 is 6.15. The van der Waals surface area contributed by atoms with Gasteiger partial charge in [0.2, 0.25) is 0 Å². The number of likely N-dealkylation sites (N-methyl/N-ethyl adjacent to an activating group) is 1. The molecule has 0 amide bonds. The molecule has 1 aromatic carbocycles. The maximum Gasteiger partial charge on any atom is 0.0596 e. The van der Waals surface area contributed by atoms with Crippen molar-refractivity contribution in [2.45, 2.75) is 39.7 Å². The Kier molecular flexibility index (Phi) is 5.83. The molecule has 0 aliphatic rings. The molecule has 0 radical (unpaired) electrons. The average molecular weight is 306 g/mol. The molecule has 0 saturated heterocycles. The van der Waals surface area contributed by atoms with Crippen LogP contribution in [0.25, 0.3) is 0 Å². The van der Waals surface area contributed by atoms with Crippen molar-refractivity contribution < 1.29 is 0 Å². The number of hydrogen-bond donors (Lipinski definition) is 1. The van der Waals surface area contributed by atoms with Crippen molar-refractivity contribution in [3.05, 3.63) is 52.3 Å². The average Bonchev–Trinajstić information content (AvgIpc) is 2.83. The highest BCUT2D eigenvalue weighted by Crippen LogP contribution is 2.23. The van der Waals surface area contributed by atoms with Crippen molar-refractivity contribution in [3.8, 4) is 0 Å². The van der Waals surface area contributed by atoms with Gasteiger partial charge in [-0.25, -0.2) is 0 Å². The maximum atomic E-state index is 6.15. The largest absolute Gasteiger partial charge is 0.316 e. The lowest BCUT2D eigenvalue weighted by Gasteiger charge is -2.18. The minimum Gasteiger partial charge on any atom is -0.316 e. The van der Waals surface area contributed by atoms with Crippen molar-refractivity contribution in [2.24, 2.45) is 0 Å². The van der Waals surface area contributed by atoms with Gasteiger partial charge in [0.05, 0.1) is 5.69 Å². The Morgan fingerprint density at radius 1 is 1.29 bits per heavy atom. The third-order valence-electron chi connectivity index (χ3n) is 3.70. The quantitative estimate of drug-likeness (QED) is 0.843. The first-order valence-electron chi connectivity index (χ1n) is 7.63. The Labute approximate surface area is 132 Å². The molecule has 21 heavy (non-hydrogen) atoms. The highest BCUT2D eigenvalue weighted by molar-refractivity contribution is 6.30. The Morgan fingerprint density at radius 2 is 2.10 bits per heavy atom. The molecule has 4 heteroatoms. The molecule has 1 aromatic heterocycles. The first kappa shape index (κ1) is 16.1. The second-order valence-electron chi connectivity index (χ2n) is 5.36. The highest BCUT2D eigenvalue weighted by atomic mass is 35.5. The number of nitrogens with zero attached hydrogens (tertiary/aromatic N) is 2. The van der Waals surface area contributed by atoms with Crippen LogP contribution in [0.4, 0.5) is 0 Å². The Hall–Kier alpha value is -1.32. The summed E-state index contributed by atoms with van der Waals surface area (Å²) in [4.78, 5) is 0. The monoisotopic (exact) mass is 305 g/mol. The third-order valence-corrected chi connectivity index (χ3v) is 3.94. The number of halogens is 1. The van der Waals surface area contributed by atoms with E-state index in [1.807, 2.05) is 19.1 Å². The maximum absolute atomic E-state index is 6.15. The van der Waals surface area contributed by atoms with Crippen LogP contribution in [-0.2, 0) is 13.0 Å². The lowest BCUT2D eigenvalue weighted by Crippen LogP contribution is -2.23. The molecule has 2 rings (SSSR count). The van der Waals surface area contributed by atoms with Crippen LogP contribution in [0, 0.1) is 6.92 Å². The van der Waals surface area contributed by atoms with Crippen LogP contribution in [0.15, 0.2) is 30.3 Å². The van der Waals surface area contributed by atoms with Crippen LogP contribution in [0.3, 0.4) is 0 Å². The summed E-state index contributed by atoms with van der Waals surface area (Å²) in [5, 5.41) is 8.80. The van der Waals surface area contributed by atoms with Crippen LogP contribution in [0.5, 0.6) is 0 Å². The van der Waals surface area contributed by atoms with Gasteiger partial charge in [0.15, 0.2) is 0 Å². The second kappa shape index (κ2) is 7.62. The van der Waals surface area contributed by atoms with E-state index in [0.717, 1.165) is 36.8 Å². The molecule has 1 heterocycles. The van der Waals surface area contributed by atoms with Gasteiger partial charge >= 0.3 is 0 Å². The molecular weight excluding hydrogens is 282 g/mol. The smallest absolute Gasteiger partial charge is 0.0596 e. The van der Waals surface area contributed by atoms with E-state index in [9.17, 15) is 0 Å². The molecule has 0 aliphatic carbocycles. The number of nitrogens with one attached hydrogen (secondary N) is 1. The van der Waals surface area contributed by atoms with E-state index in [-0.39, 0.29) is 0 Å². The fraction of sp³-hybridized carbons (Fsp3) is 0.471. The number of benzene rings is 1. The van der Waals surface area contributed by atoms with Crippen molar-refractivity contribution in [3.63, 3.8) is 0 Å². The topological polar surface area (TPSA) is 29.9 Å². The van der Waals surface area contributed by atoms with E-state index in [0.29, 0.717) is 5.92 Å². The summed E-state index contributed by atoms with van der Waals surface area (Å²) in [6.45, 7) is 9.15. The van der Waals surface area contributed by atoms with Gasteiger partial charge in [0.25, 0.3) is 0 Å². The van der Waals surface area contributed by atoms with Crippen molar-refractivity contribution in [1.82, 2.24) is 15.1 Å². The van der Waals surface area contributed by atoms with E-state index in [2.05, 4.69) is 47.1 Å². The van der Waals surface area contributed by atoms with Gasteiger partial charge in [-0.2, -0.15) is 5.10 Å². The van der Waals surface area contributed by atoms with Gasteiger partial charge in [-0.3, -0.25) is 4.68 Å². The molecule has 0 aliphatic heterocycles. The van der Waals surface area contributed by atoms with Gasteiger partial charge < -0.3 is 5.32 Å². The zero-order valence-corrected chi connectivity index (χ0v) is 13.8. The zero-order chi connectivity index (χ0) is 15.2. The van der Waals surface area contributed by atoms with Crippen LogP contribution in [0.2, 0.25) is 5.02 Å². The normalized spacial score (nSPS) is 12.6. The van der Waals surface area contributed by atoms with Gasteiger partial charge in [-0.1, -0.05) is 30.7 Å². The first-order chi connectivity index (χ1) is 10.1. The van der Waals surface area contributed by atoms with Crippen molar-refractivity contribution in [1.29, 1.82) is 0 Å². The predicted molar refractivity (Wildman–Crippen MR) is 89.1 cm³/mol. The molecule has 114 valence electrons. The minimum absolute atomic E-state index is 0.407. The Morgan fingerprint density at radius 3 is 2.76 bits per heavy atom. The van der Waals surface area contributed by atoms with Gasteiger partial charge in [0, 0.05) is 29.7 Å². The predicted octanol–water partition coefficient (Wildman–Crippen LogP) is 3.80. The Bertz CT molecular complexity index is 577. The first-order valence-corrected chi connectivity index (χ1v) is 8.01. The van der Waals surface area contributed by atoms with Crippen molar-refractivity contribution >= 4 is 11.6 Å². The summed E-state index contributed by atoms with van der Waals surface area (Å²) in [6.07, 6.45) is 0.974. The second-order valence-corrected chi connectivity index (χ2v) is 5.79. The third kappa shape index (κ3) is 4.32. The summed E-state index contributed by atoms with van der Waals surface area (Å²) in [7, 11) is 0. The van der Waals surface area contributed by atoms with E-state index in [1.165, 1.54) is 11.3 Å². The molecule has 0 bridgehead atoms. The Balaban J connectivity index is 2.23. The lowest BCUT2D eigenvalue weighted by atomic mass is 9.94. The fourth-order valence-corrected chi connectivity index (χ4v) is 2.88. The van der Waals surface area contributed by atoms with Crippen molar-refractivity contribution in [2.75, 3.05) is 13.1 Å². The summed E-state index contributed by atoms with van der Waals surface area (Å²) in [6, 6.07) is 10.4. The van der Waals surface area contributed by atoms with Crippen LogP contribution in [0.1, 0.15) is 36.7 Å². The summed E-state index contributed by atoms with van der Waals surface area (Å²) in [5.74, 6) is 0.407. The van der Waals surface area contributed by atoms with E-state index >= 15 is 0 Å². The number of rotatable bonds is 7. The number of aromatic nitrogens is 2. The molecule has 1 unspecified atom stereocenters. The SMILES string of the molecule is CCNCC(Cc1cc(C)nn1CC)c1cccc(Cl)c1. The van der Waals surface area contributed by atoms with Gasteiger partial charge in [-0.15, -0.1) is 0 Å². The highest BCUT2D eigenvalue weighted by Gasteiger charge is 2.15. The number of aryl methyl sites for hydroxylation is 2. The fourth-order valence-electron chi connectivity index (χ4n) is 2.68. The van der Waals surface area contributed by atoms with E-state index in [4.69, 9.17) is 11.6 Å². The molecule has 2 aromatic rings. The lowest BCUT2D eigenvalue weighted by molar-refractivity contribution is 0.551. The zero-order valence-electron chi connectivity index (χ0n) is 13.1. The molecule has 1 atom stereocenters. The van der Waals surface area contributed by atoms with Gasteiger partial charge in [-0.05, 0) is 50.6 Å². The molecule has 0 fully saturated rings. The minimum atomic E-state index is 0.407. The van der Waals surface area contributed by atoms with E-state index < -0.39 is 0 Å². The van der Waals surface area contributed by atoms with E-state index in [1.54, 1.807) is 0 Å². The molecule has 3 nitrogen and oxygen atoms in total. The number of hydrogen-bond acceptors (Lipinski definition) is 2. The molecular formula is C17H24ClN3. The van der Waals surface area contributed by atoms with Gasteiger partial charge in [0.1, 0.15) is 0 Å². The molecule has 0 spiro atoms. The van der Waals surface area contributed by atoms with Crippen LogP contribution >= 0.6 is 11.6 Å². The van der Waals surface area contributed by atoms with Crippen LogP contribution in [-0.4, -0.2) is 22.9 Å². The summed E-state index contributed by atoms with van der Waals surface area (Å²) < 4.78 is 2.10.